The van der Waals surface area contributed by atoms with E-state index >= 15 is 0 Å². The molecule has 3 rings (SSSR count). The standard InChI is InChI=1S/C17H15BrOS/c1-11-9-20-10-16(11)17(18)14-4-3-13-8-15(19-2)6-5-12(13)7-14/h3-10,17H,1-2H3. The van der Waals surface area contributed by atoms with E-state index in [9.17, 15) is 0 Å². The summed E-state index contributed by atoms with van der Waals surface area (Å²) < 4.78 is 5.27. The smallest absolute Gasteiger partial charge is 0.119 e. The van der Waals surface area contributed by atoms with Crippen LogP contribution in [0.4, 0.5) is 0 Å². The van der Waals surface area contributed by atoms with Crippen molar-refractivity contribution in [3.05, 3.63) is 63.8 Å². The third-order valence-corrected chi connectivity index (χ3v) is 5.43. The molecule has 0 aliphatic heterocycles. The maximum atomic E-state index is 5.27. The molecule has 0 N–H and O–H groups in total. The molecule has 0 aliphatic rings. The first-order valence-corrected chi connectivity index (χ1v) is 8.29. The lowest BCUT2D eigenvalue weighted by Gasteiger charge is -2.12. The Kier molecular flexibility index (Phi) is 3.81. The van der Waals surface area contributed by atoms with Crippen LogP contribution in [0.3, 0.4) is 0 Å². The predicted octanol–water partition coefficient (Wildman–Crippen LogP) is 5.70. The molecule has 0 bridgehead atoms. The Labute approximate surface area is 131 Å². The van der Waals surface area contributed by atoms with Crippen LogP contribution in [0.2, 0.25) is 0 Å². The van der Waals surface area contributed by atoms with Gasteiger partial charge in [0.2, 0.25) is 0 Å². The minimum atomic E-state index is 0.250. The van der Waals surface area contributed by atoms with Gasteiger partial charge >= 0.3 is 0 Å². The normalized spacial score (nSPS) is 12.6. The first-order valence-electron chi connectivity index (χ1n) is 6.43. The molecule has 2 aromatic carbocycles. The van der Waals surface area contributed by atoms with Gasteiger partial charge in [-0.1, -0.05) is 34.1 Å². The number of hydrogen-bond donors (Lipinski definition) is 0. The van der Waals surface area contributed by atoms with Gasteiger partial charge in [0, 0.05) is 0 Å². The fraction of sp³-hybridized carbons (Fsp3) is 0.176. The van der Waals surface area contributed by atoms with E-state index in [-0.39, 0.29) is 4.83 Å². The van der Waals surface area contributed by atoms with Gasteiger partial charge in [0.15, 0.2) is 0 Å². The van der Waals surface area contributed by atoms with Crippen molar-refractivity contribution < 1.29 is 4.74 Å². The molecule has 0 aliphatic carbocycles. The summed E-state index contributed by atoms with van der Waals surface area (Å²) in [5.41, 5.74) is 3.97. The van der Waals surface area contributed by atoms with Gasteiger partial charge in [0.05, 0.1) is 11.9 Å². The quantitative estimate of drug-likeness (QED) is 0.552. The zero-order chi connectivity index (χ0) is 14.1. The molecular weight excluding hydrogens is 332 g/mol. The Hall–Kier alpha value is -1.32. The average molecular weight is 347 g/mol. The van der Waals surface area contributed by atoms with Crippen LogP contribution in [-0.2, 0) is 0 Å². The molecule has 0 radical (unpaired) electrons. The van der Waals surface area contributed by atoms with E-state index in [1.807, 2.05) is 6.07 Å². The molecule has 1 atom stereocenters. The van der Waals surface area contributed by atoms with Gasteiger partial charge in [0.1, 0.15) is 5.75 Å². The topological polar surface area (TPSA) is 9.23 Å². The number of thiophene rings is 1. The highest BCUT2D eigenvalue weighted by Crippen LogP contribution is 2.36. The number of fused-ring (bicyclic) bond motifs is 1. The molecule has 1 nitrogen and oxygen atoms in total. The van der Waals surface area contributed by atoms with Crippen molar-refractivity contribution >= 4 is 38.0 Å². The fourth-order valence-electron chi connectivity index (χ4n) is 2.34. The lowest BCUT2D eigenvalue weighted by atomic mass is 10.0. The molecule has 1 heterocycles. The Morgan fingerprint density at radius 3 is 2.50 bits per heavy atom. The van der Waals surface area contributed by atoms with Gasteiger partial charge in [-0.05, 0) is 63.3 Å². The molecule has 0 saturated carbocycles. The van der Waals surface area contributed by atoms with E-state index in [0.29, 0.717) is 0 Å². The highest BCUT2D eigenvalue weighted by molar-refractivity contribution is 9.09. The monoisotopic (exact) mass is 346 g/mol. The minimum absolute atomic E-state index is 0.250. The van der Waals surface area contributed by atoms with E-state index in [1.54, 1.807) is 18.4 Å². The first-order chi connectivity index (χ1) is 9.69. The lowest BCUT2D eigenvalue weighted by molar-refractivity contribution is 0.415. The van der Waals surface area contributed by atoms with E-state index in [4.69, 9.17) is 4.74 Å². The summed E-state index contributed by atoms with van der Waals surface area (Å²) in [5.74, 6) is 0.898. The molecule has 3 heteroatoms. The summed E-state index contributed by atoms with van der Waals surface area (Å²) in [6.45, 7) is 2.16. The van der Waals surface area contributed by atoms with Crippen LogP contribution < -0.4 is 4.74 Å². The van der Waals surface area contributed by atoms with Gasteiger partial charge < -0.3 is 4.74 Å². The van der Waals surface area contributed by atoms with Crippen molar-refractivity contribution in [3.63, 3.8) is 0 Å². The predicted molar refractivity (Wildman–Crippen MR) is 90.3 cm³/mol. The van der Waals surface area contributed by atoms with E-state index < -0.39 is 0 Å². The Morgan fingerprint density at radius 1 is 1.05 bits per heavy atom. The van der Waals surface area contributed by atoms with Crippen LogP contribution in [0, 0.1) is 6.92 Å². The van der Waals surface area contributed by atoms with Crippen LogP contribution in [0.15, 0.2) is 47.2 Å². The molecule has 20 heavy (non-hydrogen) atoms. The van der Waals surface area contributed by atoms with Gasteiger partial charge in [0.25, 0.3) is 0 Å². The summed E-state index contributed by atoms with van der Waals surface area (Å²) in [6.07, 6.45) is 0. The largest absolute Gasteiger partial charge is 0.497 e. The highest BCUT2D eigenvalue weighted by atomic mass is 79.9. The SMILES string of the molecule is COc1ccc2cc(C(Br)c3cscc3C)ccc2c1. The van der Waals surface area contributed by atoms with Gasteiger partial charge in [-0.3, -0.25) is 0 Å². The molecule has 1 unspecified atom stereocenters. The van der Waals surface area contributed by atoms with Crippen LogP contribution in [0.25, 0.3) is 10.8 Å². The summed E-state index contributed by atoms with van der Waals surface area (Å²) in [7, 11) is 1.70. The van der Waals surface area contributed by atoms with Gasteiger partial charge in [-0.15, -0.1) is 0 Å². The van der Waals surface area contributed by atoms with Crippen molar-refractivity contribution in [2.75, 3.05) is 7.11 Å². The lowest BCUT2D eigenvalue weighted by Crippen LogP contribution is -1.93. The second kappa shape index (κ2) is 5.58. The van der Waals surface area contributed by atoms with Crippen molar-refractivity contribution in [2.45, 2.75) is 11.8 Å². The molecule has 1 aromatic heterocycles. The van der Waals surface area contributed by atoms with E-state index in [2.05, 4.69) is 63.9 Å². The van der Waals surface area contributed by atoms with Crippen LogP contribution in [0.5, 0.6) is 5.75 Å². The van der Waals surface area contributed by atoms with Crippen LogP contribution in [-0.4, -0.2) is 7.11 Å². The molecule has 102 valence electrons. The summed E-state index contributed by atoms with van der Waals surface area (Å²) in [6, 6.07) is 12.8. The Bertz CT molecular complexity index is 748. The zero-order valence-electron chi connectivity index (χ0n) is 11.4. The minimum Gasteiger partial charge on any atom is -0.497 e. The Morgan fingerprint density at radius 2 is 1.80 bits per heavy atom. The number of ether oxygens (including phenoxy) is 1. The molecule has 0 saturated heterocycles. The number of aryl methyl sites for hydroxylation is 1. The number of rotatable bonds is 3. The summed E-state index contributed by atoms with van der Waals surface area (Å²) >= 11 is 5.57. The third kappa shape index (κ3) is 2.48. The van der Waals surface area contributed by atoms with Gasteiger partial charge in [-0.2, -0.15) is 11.3 Å². The maximum Gasteiger partial charge on any atom is 0.119 e. The number of methoxy groups -OCH3 is 1. The van der Waals surface area contributed by atoms with Crippen molar-refractivity contribution in [1.82, 2.24) is 0 Å². The van der Waals surface area contributed by atoms with Crippen LogP contribution in [0.1, 0.15) is 21.5 Å². The van der Waals surface area contributed by atoms with E-state index in [0.717, 1.165) is 5.75 Å². The summed E-state index contributed by atoms with van der Waals surface area (Å²) in [5, 5.41) is 6.85. The third-order valence-electron chi connectivity index (χ3n) is 3.53. The average Bonchev–Trinajstić information content (AvgIpc) is 2.91. The molecule has 0 amide bonds. The van der Waals surface area contributed by atoms with Crippen LogP contribution >= 0.6 is 27.3 Å². The van der Waals surface area contributed by atoms with E-state index in [1.165, 1.54) is 27.5 Å². The van der Waals surface area contributed by atoms with Crippen molar-refractivity contribution in [1.29, 1.82) is 0 Å². The molecule has 3 aromatic rings. The number of halogens is 1. The zero-order valence-corrected chi connectivity index (χ0v) is 13.8. The highest BCUT2D eigenvalue weighted by Gasteiger charge is 2.13. The first kappa shape index (κ1) is 13.7. The second-order valence-corrected chi connectivity index (χ2v) is 6.50. The Balaban J connectivity index is 2.03. The van der Waals surface area contributed by atoms with Gasteiger partial charge in [-0.25, -0.2) is 0 Å². The molecule has 0 fully saturated rings. The summed E-state index contributed by atoms with van der Waals surface area (Å²) in [4.78, 5) is 0.250. The molecular formula is C17H15BrOS. The number of hydrogen-bond acceptors (Lipinski definition) is 2. The number of benzene rings is 2. The van der Waals surface area contributed by atoms with Crippen molar-refractivity contribution in [2.24, 2.45) is 0 Å². The fourth-order valence-corrected chi connectivity index (χ4v) is 4.17. The maximum absolute atomic E-state index is 5.27. The second-order valence-electron chi connectivity index (χ2n) is 4.85. The van der Waals surface area contributed by atoms with Crippen molar-refractivity contribution in [3.8, 4) is 5.75 Å². The number of alkyl halides is 1. The molecule has 0 spiro atoms.